The molecule has 0 fully saturated rings. The molecule has 5 heteroatoms. The summed E-state index contributed by atoms with van der Waals surface area (Å²) in [6.07, 6.45) is 2.75. The Balaban J connectivity index is 1.64. The number of fused-ring (bicyclic) bond motifs is 1. The van der Waals surface area contributed by atoms with Gasteiger partial charge in [-0.2, -0.15) is 0 Å². The molecule has 0 atom stereocenters. The van der Waals surface area contributed by atoms with Crippen molar-refractivity contribution in [3.63, 3.8) is 0 Å². The van der Waals surface area contributed by atoms with E-state index in [0.717, 1.165) is 23.3 Å². The highest BCUT2D eigenvalue weighted by molar-refractivity contribution is 5.90. The van der Waals surface area contributed by atoms with Crippen molar-refractivity contribution in [2.75, 3.05) is 6.54 Å². The van der Waals surface area contributed by atoms with E-state index in [1.165, 1.54) is 10.9 Å². The molecule has 2 aromatic heterocycles. The molecule has 3 aromatic rings. The molecule has 112 valence electrons. The van der Waals surface area contributed by atoms with E-state index in [9.17, 15) is 4.79 Å². The van der Waals surface area contributed by atoms with E-state index in [4.69, 9.17) is 0 Å². The van der Waals surface area contributed by atoms with Gasteiger partial charge in [0.15, 0.2) is 0 Å². The van der Waals surface area contributed by atoms with Crippen molar-refractivity contribution in [3.8, 4) is 0 Å². The van der Waals surface area contributed by atoms with E-state index in [2.05, 4.69) is 26.3 Å². The van der Waals surface area contributed by atoms with E-state index in [0.29, 0.717) is 6.54 Å². The highest BCUT2D eigenvalue weighted by Crippen LogP contribution is 2.17. The summed E-state index contributed by atoms with van der Waals surface area (Å²) >= 11 is 0. The first-order chi connectivity index (χ1) is 10.6. The molecule has 0 saturated carbocycles. The van der Waals surface area contributed by atoms with Gasteiger partial charge in [0.05, 0.1) is 0 Å². The van der Waals surface area contributed by atoms with Gasteiger partial charge in [-0.15, -0.1) is 0 Å². The van der Waals surface area contributed by atoms with Crippen LogP contribution in [0.5, 0.6) is 0 Å². The Bertz CT molecular complexity index is 802. The van der Waals surface area contributed by atoms with Crippen molar-refractivity contribution in [3.05, 3.63) is 59.3 Å². The number of carbonyl (C=O) groups is 1. The fraction of sp³-hybridized carbons (Fsp3) is 0.235. The number of carbonyl (C=O) groups excluding carboxylic acids is 1. The summed E-state index contributed by atoms with van der Waals surface area (Å²) in [5.41, 5.74) is 3.90. The van der Waals surface area contributed by atoms with Crippen LogP contribution in [0.3, 0.4) is 0 Å². The lowest BCUT2D eigenvalue weighted by Gasteiger charge is -2.05. The largest absolute Gasteiger partial charge is 0.361 e. The molecule has 0 spiro atoms. The molecule has 1 aromatic carbocycles. The van der Waals surface area contributed by atoms with Crippen LogP contribution < -0.4 is 5.32 Å². The first-order valence-corrected chi connectivity index (χ1v) is 7.29. The lowest BCUT2D eigenvalue weighted by Crippen LogP contribution is -2.27. The number of hydrogen-bond acceptors (Lipinski definition) is 3. The maximum atomic E-state index is 12.1. The number of amides is 1. The monoisotopic (exact) mass is 294 g/mol. The van der Waals surface area contributed by atoms with E-state index >= 15 is 0 Å². The summed E-state index contributed by atoms with van der Waals surface area (Å²) in [6, 6.07) is 9.99. The van der Waals surface area contributed by atoms with Crippen molar-refractivity contribution in [2.45, 2.75) is 20.3 Å². The topological polar surface area (TPSA) is 70.7 Å². The molecular weight excluding hydrogens is 276 g/mol. The fourth-order valence-electron chi connectivity index (χ4n) is 2.56. The normalized spacial score (nSPS) is 10.8. The predicted molar refractivity (Wildman–Crippen MR) is 85.8 cm³/mol. The molecular formula is C17H18N4O. The second-order valence-electron chi connectivity index (χ2n) is 5.34. The fourth-order valence-corrected chi connectivity index (χ4v) is 2.56. The first kappa shape index (κ1) is 14.3. The van der Waals surface area contributed by atoms with E-state index in [-0.39, 0.29) is 11.7 Å². The quantitative estimate of drug-likeness (QED) is 0.777. The molecule has 3 rings (SSSR count). The number of nitrogens with zero attached hydrogens (tertiary/aromatic N) is 2. The van der Waals surface area contributed by atoms with Crippen molar-refractivity contribution in [2.24, 2.45) is 0 Å². The van der Waals surface area contributed by atoms with Crippen molar-refractivity contribution < 1.29 is 4.79 Å². The molecule has 0 radical (unpaired) electrons. The second kappa shape index (κ2) is 5.97. The van der Waals surface area contributed by atoms with Gasteiger partial charge in [-0.25, -0.2) is 9.97 Å². The Morgan fingerprint density at radius 2 is 1.91 bits per heavy atom. The molecule has 2 heterocycles. The summed E-state index contributed by atoms with van der Waals surface area (Å²) in [5, 5.41) is 4.07. The van der Waals surface area contributed by atoms with Gasteiger partial charge < -0.3 is 10.3 Å². The minimum absolute atomic E-state index is 0.230. The van der Waals surface area contributed by atoms with Crippen LogP contribution in [0.15, 0.2) is 36.5 Å². The maximum absolute atomic E-state index is 12.1. The minimum atomic E-state index is -0.230. The van der Waals surface area contributed by atoms with Crippen LogP contribution in [0.2, 0.25) is 0 Å². The third-order valence-electron chi connectivity index (χ3n) is 3.54. The van der Waals surface area contributed by atoms with Gasteiger partial charge in [-0.3, -0.25) is 4.79 Å². The molecule has 5 nitrogen and oxygen atoms in total. The summed E-state index contributed by atoms with van der Waals surface area (Å²) < 4.78 is 0. The average molecular weight is 294 g/mol. The Morgan fingerprint density at radius 1 is 1.18 bits per heavy atom. The lowest BCUT2D eigenvalue weighted by molar-refractivity contribution is 0.0943. The van der Waals surface area contributed by atoms with Crippen LogP contribution in [0.1, 0.15) is 27.6 Å². The second-order valence-corrected chi connectivity index (χ2v) is 5.34. The van der Waals surface area contributed by atoms with Gasteiger partial charge in [-0.1, -0.05) is 18.2 Å². The van der Waals surface area contributed by atoms with E-state index < -0.39 is 0 Å². The SMILES string of the molecule is Cc1cc(C)nc(C(=O)NCCc2c[nH]c3ccccc23)n1. The number of aromatic amines is 1. The van der Waals surface area contributed by atoms with Gasteiger partial charge in [0.25, 0.3) is 5.91 Å². The van der Waals surface area contributed by atoms with Crippen LogP contribution in [0, 0.1) is 13.8 Å². The number of hydrogen-bond donors (Lipinski definition) is 2. The number of nitrogens with one attached hydrogen (secondary N) is 2. The minimum Gasteiger partial charge on any atom is -0.361 e. The van der Waals surface area contributed by atoms with Gasteiger partial charge >= 0.3 is 0 Å². The van der Waals surface area contributed by atoms with Crippen LogP contribution in [-0.4, -0.2) is 27.4 Å². The molecule has 1 amide bonds. The van der Waals surface area contributed by atoms with E-state index in [1.807, 2.05) is 44.3 Å². The standard InChI is InChI=1S/C17H18N4O/c1-11-9-12(2)21-16(20-11)17(22)18-8-7-13-10-19-15-6-4-3-5-14(13)15/h3-6,9-10,19H,7-8H2,1-2H3,(H,18,22). The van der Waals surface area contributed by atoms with Gasteiger partial charge in [0, 0.05) is 35.0 Å². The zero-order valence-corrected chi connectivity index (χ0v) is 12.7. The molecule has 0 aliphatic heterocycles. The maximum Gasteiger partial charge on any atom is 0.289 e. The van der Waals surface area contributed by atoms with Crippen LogP contribution in [-0.2, 0) is 6.42 Å². The Hall–Kier alpha value is -2.69. The number of rotatable bonds is 4. The van der Waals surface area contributed by atoms with Crippen molar-refractivity contribution >= 4 is 16.8 Å². The molecule has 0 bridgehead atoms. The first-order valence-electron chi connectivity index (χ1n) is 7.29. The third kappa shape index (κ3) is 2.98. The molecule has 22 heavy (non-hydrogen) atoms. The van der Waals surface area contributed by atoms with Crippen LogP contribution in [0.4, 0.5) is 0 Å². The highest BCUT2D eigenvalue weighted by Gasteiger charge is 2.10. The highest BCUT2D eigenvalue weighted by atomic mass is 16.2. The number of aryl methyl sites for hydroxylation is 2. The van der Waals surface area contributed by atoms with Crippen molar-refractivity contribution in [1.29, 1.82) is 0 Å². The summed E-state index contributed by atoms with van der Waals surface area (Å²) in [7, 11) is 0. The number of benzene rings is 1. The molecule has 0 saturated heterocycles. The van der Waals surface area contributed by atoms with Gasteiger partial charge in [0.1, 0.15) is 0 Å². The van der Waals surface area contributed by atoms with Gasteiger partial charge in [0.2, 0.25) is 5.82 Å². The van der Waals surface area contributed by atoms with Crippen LogP contribution >= 0.6 is 0 Å². The van der Waals surface area contributed by atoms with Crippen LogP contribution in [0.25, 0.3) is 10.9 Å². The number of para-hydroxylation sites is 1. The third-order valence-corrected chi connectivity index (χ3v) is 3.54. The molecule has 2 N–H and O–H groups in total. The Kier molecular flexibility index (Phi) is 3.87. The Labute approximate surface area is 128 Å². The predicted octanol–water partition coefficient (Wildman–Crippen LogP) is 2.55. The summed E-state index contributed by atoms with van der Waals surface area (Å²) in [5.74, 6) is 0.00284. The zero-order valence-electron chi connectivity index (χ0n) is 12.7. The van der Waals surface area contributed by atoms with E-state index in [1.54, 1.807) is 0 Å². The molecule has 0 aliphatic rings. The lowest BCUT2D eigenvalue weighted by atomic mass is 10.1. The summed E-state index contributed by atoms with van der Waals surface area (Å²) in [4.78, 5) is 23.7. The zero-order chi connectivity index (χ0) is 15.5. The molecule has 0 aliphatic carbocycles. The molecule has 0 unspecified atom stereocenters. The smallest absolute Gasteiger partial charge is 0.289 e. The summed E-state index contributed by atoms with van der Waals surface area (Å²) in [6.45, 7) is 4.27. The van der Waals surface area contributed by atoms with Gasteiger partial charge in [-0.05, 0) is 38.0 Å². The van der Waals surface area contributed by atoms with Crippen molar-refractivity contribution in [1.82, 2.24) is 20.3 Å². The number of aromatic nitrogens is 3. The Morgan fingerprint density at radius 3 is 2.68 bits per heavy atom. The average Bonchev–Trinajstić information content (AvgIpc) is 2.90. The number of H-pyrrole nitrogens is 1.